The predicted molar refractivity (Wildman–Crippen MR) is 71.2 cm³/mol. The number of nitrogens with one attached hydrogen (secondary N) is 1. The molecule has 2 rings (SSSR count). The third-order valence-corrected chi connectivity index (χ3v) is 4.69. The number of aryl methyl sites for hydroxylation is 1. The van der Waals surface area contributed by atoms with E-state index in [1.54, 1.807) is 12.1 Å². The number of carbonyl (C=O) groups is 1. The minimum Gasteiger partial charge on any atom is -0.465 e. The van der Waals surface area contributed by atoms with Crippen LogP contribution in [0.25, 0.3) is 0 Å². The molecular weight excluding hydrogens is 290 g/mol. The van der Waals surface area contributed by atoms with Crippen LogP contribution in [-0.4, -0.2) is 26.2 Å². The zero-order valence-electron chi connectivity index (χ0n) is 10.1. The Morgan fingerprint density at radius 1 is 1.47 bits per heavy atom. The first-order valence-corrected chi connectivity index (χ1v) is 8.23. The maximum absolute atomic E-state index is 11.3. The number of amides is 1. The van der Waals surface area contributed by atoms with Crippen LogP contribution in [0.1, 0.15) is 29.9 Å². The van der Waals surface area contributed by atoms with E-state index in [0.717, 1.165) is 30.4 Å². The molecule has 0 aromatic heterocycles. The summed E-state index contributed by atoms with van der Waals surface area (Å²) < 4.78 is 22.6. The third-order valence-electron chi connectivity index (χ3n) is 3.33. The SMILES string of the molecule is O=C(O)NC[C@@H]1CCCc2cc(S(=O)(=O)Cl)ccc21. The van der Waals surface area contributed by atoms with Crippen molar-refractivity contribution in [3.63, 3.8) is 0 Å². The van der Waals surface area contributed by atoms with Gasteiger partial charge >= 0.3 is 6.09 Å². The lowest BCUT2D eigenvalue weighted by Gasteiger charge is -2.25. The summed E-state index contributed by atoms with van der Waals surface area (Å²) in [6.45, 7) is 0.343. The second-order valence-electron chi connectivity index (χ2n) is 4.57. The fraction of sp³-hybridized carbons (Fsp3) is 0.417. The number of rotatable bonds is 3. The highest BCUT2D eigenvalue weighted by Gasteiger charge is 2.22. The maximum atomic E-state index is 11.3. The summed E-state index contributed by atoms with van der Waals surface area (Å²) in [6, 6.07) is 4.79. The second-order valence-corrected chi connectivity index (χ2v) is 7.14. The van der Waals surface area contributed by atoms with Crippen molar-refractivity contribution in [3.8, 4) is 0 Å². The van der Waals surface area contributed by atoms with E-state index in [1.807, 2.05) is 0 Å². The van der Waals surface area contributed by atoms with Gasteiger partial charge in [-0.15, -0.1) is 0 Å². The van der Waals surface area contributed by atoms with Crippen molar-refractivity contribution in [2.24, 2.45) is 0 Å². The fourth-order valence-electron chi connectivity index (χ4n) is 2.47. The molecule has 1 atom stereocenters. The van der Waals surface area contributed by atoms with Gasteiger partial charge in [0.2, 0.25) is 0 Å². The molecule has 1 aromatic carbocycles. The van der Waals surface area contributed by atoms with Crippen molar-refractivity contribution >= 4 is 25.8 Å². The number of carboxylic acid groups (broad SMARTS) is 1. The highest BCUT2D eigenvalue weighted by Crippen LogP contribution is 2.33. The Balaban J connectivity index is 2.28. The number of halogens is 1. The molecule has 0 heterocycles. The van der Waals surface area contributed by atoms with Gasteiger partial charge in [0.1, 0.15) is 0 Å². The number of benzene rings is 1. The molecule has 104 valence electrons. The molecule has 1 aromatic rings. The van der Waals surface area contributed by atoms with Crippen LogP contribution in [0.3, 0.4) is 0 Å². The van der Waals surface area contributed by atoms with Crippen LogP contribution in [0.15, 0.2) is 23.1 Å². The summed E-state index contributed by atoms with van der Waals surface area (Å²) in [5.41, 5.74) is 1.94. The summed E-state index contributed by atoms with van der Waals surface area (Å²) in [4.78, 5) is 10.6. The lowest BCUT2D eigenvalue weighted by atomic mass is 9.83. The summed E-state index contributed by atoms with van der Waals surface area (Å²) in [5, 5.41) is 11.0. The molecule has 0 radical (unpaired) electrons. The van der Waals surface area contributed by atoms with Crippen LogP contribution < -0.4 is 5.32 Å². The van der Waals surface area contributed by atoms with E-state index in [2.05, 4.69) is 5.32 Å². The first kappa shape index (κ1) is 14.1. The maximum Gasteiger partial charge on any atom is 0.404 e. The van der Waals surface area contributed by atoms with E-state index in [1.165, 1.54) is 6.07 Å². The summed E-state index contributed by atoms with van der Waals surface area (Å²) in [7, 11) is 1.61. The molecule has 5 nitrogen and oxygen atoms in total. The van der Waals surface area contributed by atoms with Gasteiger partial charge in [-0.25, -0.2) is 13.2 Å². The van der Waals surface area contributed by atoms with Crippen molar-refractivity contribution in [3.05, 3.63) is 29.3 Å². The largest absolute Gasteiger partial charge is 0.465 e. The Kier molecular flexibility index (Phi) is 4.01. The van der Waals surface area contributed by atoms with Gasteiger partial charge in [-0.1, -0.05) is 6.07 Å². The van der Waals surface area contributed by atoms with Gasteiger partial charge in [0.15, 0.2) is 0 Å². The van der Waals surface area contributed by atoms with Gasteiger partial charge in [-0.2, -0.15) is 0 Å². The van der Waals surface area contributed by atoms with Crippen molar-refractivity contribution in [1.82, 2.24) is 5.32 Å². The molecule has 0 saturated heterocycles. The van der Waals surface area contributed by atoms with E-state index in [4.69, 9.17) is 15.8 Å². The molecule has 0 unspecified atom stereocenters. The minimum atomic E-state index is -3.72. The van der Waals surface area contributed by atoms with Gasteiger partial charge < -0.3 is 10.4 Å². The fourth-order valence-corrected chi connectivity index (χ4v) is 3.27. The topological polar surface area (TPSA) is 83.5 Å². The minimum absolute atomic E-state index is 0.0897. The number of fused-ring (bicyclic) bond motifs is 1. The van der Waals surface area contributed by atoms with E-state index in [0.29, 0.717) is 6.54 Å². The lowest BCUT2D eigenvalue weighted by molar-refractivity contribution is 0.193. The molecule has 0 fully saturated rings. The monoisotopic (exact) mass is 303 g/mol. The molecule has 1 amide bonds. The Morgan fingerprint density at radius 2 is 2.21 bits per heavy atom. The molecule has 0 spiro atoms. The van der Waals surface area contributed by atoms with E-state index in [9.17, 15) is 13.2 Å². The van der Waals surface area contributed by atoms with Gasteiger partial charge in [-0.3, -0.25) is 0 Å². The normalized spacial score (nSPS) is 18.7. The van der Waals surface area contributed by atoms with E-state index < -0.39 is 15.1 Å². The first-order valence-electron chi connectivity index (χ1n) is 5.92. The number of hydrogen-bond acceptors (Lipinski definition) is 3. The van der Waals surface area contributed by atoms with Gasteiger partial charge in [0.05, 0.1) is 4.90 Å². The number of hydrogen-bond donors (Lipinski definition) is 2. The summed E-state index contributed by atoms with van der Waals surface area (Å²) >= 11 is 0. The zero-order chi connectivity index (χ0) is 14.0. The molecule has 2 N–H and O–H groups in total. The Hall–Kier alpha value is -1.27. The van der Waals surface area contributed by atoms with Crippen molar-refractivity contribution in [2.75, 3.05) is 6.54 Å². The van der Waals surface area contributed by atoms with Gasteiger partial charge in [-0.05, 0) is 42.5 Å². The molecule has 0 saturated carbocycles. The van der Waals surface area contributed by atoms with Crippen LogP contribution in [0.2, 0.25) is 0 Å². The highest BCUT2D eigenvalue weighted by atomic mass is 35.7. The standard InChI is InChI=1S/C12H14ClNO4S/c13-19(17,18)10-4-5-11-8(6-10)2-1-3-9(11)7-14-12(15)16/h4-6,9,14H,1-3,7H2,(H,15,16)/t9-/m0/s1. The molecular formula is C12H14ClNO4S. The molecule has 1 aliphatic carbocycles. The lowest BCUT2D eigenvalue weighted by Crippen LogP contribution is -2.28. The molecule has 19 heavy (non-hydrogen) atoms. The summed E-state index contributed by atoms with van der Waals surface area (Å²) in [6.07, 6.45) is 1.54. The van der Waals surface area contributed by atoms with Crippen molar-refractivity contribution in [1.29, 1.82) is 0 Å². The quantitative estimate of drug-likeness (QED) is 0.839. The van der Waals surface area contributed by atoms with Crippen LogP contribution in [0.4, 0.5) is 4.79 Å². The molecule has 0 aliphatic heterocycles. The Labute approximate surface area is 116 Å². The summed E-state index contributed by atoms with van der Waals surface area (Å²) in [5.74, 6) is 0.0897. The Morgan fingerprint density at radius 3 is 2.84 bits per heavy atom. The van der Waals surface area contributed by atoms with E-state index >= 15 is 0 Å². The predicted octanol–water partition coefficient (Wildman–Crippen LogP) is 2.30. The first-order chi connectivity index (χ1) is 8.88. The Bertz CT molecular complexity index is 600. The van der Waals surface area contributed by atoms with Crippen LogP contribution in [-0.2, 0) is 15.5 Å². The van der Waals surface area contributed by atoms with Crippen molar-refractivity contribution in [2.45, 2.75) is 30.1 Å². The third kappa shape index (κ3) is 3.39. The second kappa shape index (κ2) is 5.38. The average molecular weight is 304 g/mol. The van der Waals surface area contributed by atoms with Crippen LogP contribution in [0, 0.1) is 0 Å². The highest BCUT2D eigenvalue weighted by molar-refractivity contribution is 8.13. The van der Waals surface area contributed by atoms with Gasteiger partial charge in [0, 0.05) is 23.1 Å². The van der Waals surface area contributed by atoms with Crippen LogP contribution >= 0.6 is 10.7 Å². The molecule has 7 heteroatoms. The zero-order valence-corrected chi connectivity index (χ0v) is 11.7. The molecule has 0 bridgehead atoms. The van der Waals surface area contributed by atoms with Crippen molar-refractivity contribution < 1.29 is 18.3 Å². The van der Waals surface area contributed by atoms with E-state index in [-0.39, 0.29) is 10.8 Å². The molecule has 1 aliphatic rings. The smallest absolute Gasteiger partial charge is 0.404 e. The van der Waals surface area contributed by atoms with Gasteiger partial charge in [0.25, 0.3) is 9.05 Å². The van der Waals surface area contributed by atoms with Crippen LogP contribution in [0.5, 0.6) is 0 Å². The average Bonchev–Trinajstić information content (AvgIpc) is 2.34.